The van der Waals surface area contributed by atoms with E-state index < -0.39 is 0 Å². The third-order valence-corrected chi connectivity index (χ3v) is 3.69. The molecule has 1 saturated carbocycles. The predicted molar refractivity (Wildman–Crippen MR) is 64.9 cm³/mol. The lowest BCUT2D eigenvalue weighted by Crippen LogP contribution is -2.40. The molecule has 1 unspecified atom stereocenters. The highest BCUT2D eigenvalue weighted by Crippen LogP contribution is 2.49. The Kier molecular flexibility index (Phi) is 2.98. The average Bonchev–Trinajstić information content (AvgIpc) is 2.23. The summed E-state index contributed by atoms with van der Waals surface area (Å²) in [4.78, 5) is 0. The molecule has 16 heavy (non-hydrogen) atoms. The van der Waals surface area contributed by atoms with E-state index in [1.54, 1.807) is 0 Å². The second-order valence-corrected chi connectivity index (χ2v) is 4.76. The molecule has 0 saturated heterocycles. The van der Waals surface area contributed by atoms with Gasteiger partial charge in [-0.05, 0) is 32.4 Å². The molecule has 2 rings (SSSR count). The van der Waals surface area contributed by atoms with Gasteiger partial charge in [-0.2, -0.15) is 5.26 Å². The van der Waals surface area contributed by atoms with E-state index in [0.29, 0.717) is 0 Å². The minimum absolute atomic E-state index is 0.172. The molecule has 0 amide bonds. The van der Waals surface area contributed by atoms with Crippen LogP contribution in [0.5, 0.6) is 0 Å². The van der Waals surface area contributed by atoms with E-state index in [1.165, 1.54) is 17.5 Å². The zero-order valence-electron chi connectivity index (χ0n) is 9.96. The van der Waals surface area contributed by atoms with Crippen LogP contribution >= 0.6 is 0 Å². The summed E-state index contributed by atoms with van der Waals surface area (Å²) in [5, 5.41) is 12.7. The second kappa shape index (κ2) is 4.27. The molecule has 1 N–H and O–H groups in total. The van der Waals surface area contributed by atoms with Gasteiger partial charge in [0.1, 0.15) is 0 Å². The number of hydrogen-bond acceptors (Lipinski definition) is 2. The molecule has 2 nitrogen and oxygen atoms in total. The summed E-state index contributed by atoms with van der Waals surface area (Å²) < 4.78 is 0. The van der Waals surface area contributed by atoms with Gasteiger partial charge in [0, 0.05) is 0 Å². The minimum atomic E-state index is -0.178. The molecule has 1 aromatic carbocycles. The van der Waals surface area contributed by atoms with E-state index in [0.717, 1.165) is 12.8 Å². The molecule has 1 aliphatic rings. The molecular weight excluding hydrogens is 196 g/mol. The number of rotatable bonds is 3. The third-order valence-electron chi connectivity index (χ3n) is 3.69. The fourth-order valence-corrected chi connectivity index (χ4v) is 2.63. The second-order valence-electron chi connectivity index (χ2n) is 4.76. The lowest BCUT2D eigenvalue weighted by molar-refractivity contribution is 0.149. The first-order chi connectivity index (χ1) is 7.72. The Hall–Kier alpha value is -1.33. The van der Waals surface area contributed by atoms with Crippen LogP contribution in [-0.4, -0.2) is 7.05 Å². The van der Waals surface area contributed by atoms with Crippen LogP contribution in [0.25, 0.3) is 0 Å². The topological polar surface area (TPSA) is 35.8 Å². The van der Waals surface area contributed by atoms with Crippen molar-refractivity contribution < 1.29 is 0 Å². The van der Waals surface area contributed by atoms with Crippen LogP contribution in [0.1, 0.15) is 36.4 Å². The highest BCUT2D eigenvalue weighted by Gasteiger charge is 2.44. The monoisotopic (exact) mass is 214 g/mol. The van der Waals surface area contributed by atoms with Gasteiger partial charge in [-0.15, -0.1) is 0 Å². The molecule has 0 radical (unpaired) electrons. The van der Waals surface area contributed by atoms with E-state index in [2.05, 4.69) is 42.6 Å². The summed E-state index contributed by atoms with van der Waals surface area (Å²) in [5.41, 5.74) is 2.32. The molecule has 0 aliphatic heterocycles. The zero-order valence-corrected chi connectivity index (χ0v) is 9.96. The van der Waals surface area contributed by atoms with Crippen molar-refractivity contribution in [1.29, 1.82) is 5.26 Å². The Bertz CT molecular complexity index is 413. The Morgan fingerprint density at radius 1 is 1.44 bits per heavy atom. The van der Waals surface area contributed by atoms with Gasteiger partial charge in [0.2, 0.25) is 0 Å². The molecule has 2 heteroatoms. The van der Waals surface area contributed by atoms with Gasteiger partial charge >= 0.3 is 0 Å². The van der Waals surface area contributed by atoms with Crippen LogP contribution in [0.15, 0.2) is 24.3 Å². The summed E-state index contributed by atoms with van der Waals surface area (Å²) >= 11 is 0. The van der Waals surface area contributed by atoms with Gasteiger partial charge in [-0.3, -0.25) is 0 Å². The van der Waals surface area contributed by atoms with E-state index in [4.69, 9.17) is 0 Å². The maximum atomic E-state index is 9.38. The van der Waals surface area contributed by atoms with E-state index in [1.807, 2.05) is 7.05 Å². The van der Waals surface area contributed by atoms with Gasteiger partial charge in [0.15, 0.2) is 0 Å². The number of nitrogens with one attached hydrogen (secondary N) is 1. The molecule has 1 atom stereocenters. The maximum absolute atomic E-state index is 9.38. The summed E-state index contributed by atoms with van der Waals surface area (Å²) in [6.45, 7) is 2.09. The third kappa shape index (κ3) is 1.72. The molecule has 1 fully saturated rings. The highest BCUT2D eigenvalue weighted by molar-refractivity contribution is 5.30. The van der Waals surface area contributed by atoms with Crippen LogP contribution in [-0.2, 0) is 0 Å². The van der Waals surface area contributed by atoms with Crippen molar-refractivity contribution in [2.75, 3.05) is 7.05 Å². The van der Waals surface area contributed by atoms with Crippen molar-refractivity contribution >= 4 is 0 Å². The maximum Gasteiger partial charge on any atom is 0.0768 e. The highest BCUT2D eigenvalue weighted by atomic mass is 14.9. The Morgan fingerprint density at radius 2 is 2.19 bits per heavy atom. The normalized spacial score (nSPS) is 19.6. The molecule has 1 aromatic rings. The average molecular weight is 214 g/mol. The van der Waals surface area contributed by atoms with Gasteiger partial charge < -0.3 is 5.32 Å². The van der Waals surface area contributed by atoms with Crippen LogP contribution in [0.4, 0.5) is 0 Å². The van der Waals surface area contributed by atoms with E-state index in [9.17, 15) is 5.26 Å². The summed E-state index contributed by atoms with van der Waals surface area (Å²) in [7, 11) is 1.95. The van der Waals surface area contributed by atoms with Crippen molar-refractivity contribution in [3.8, 4) is 6.07 Å². The van der Waals surface area contributed by atoms with Crippen LogP contribution in [0.3, 0.4) is 0 Å². The van der Waals surface area contributed by atoms with Gasteiger partial charge in [-0.25, -0.2) is 0 Å². The van der Waals surface area contributed by atoms with E-state index in [-0.39, 0.29) is 11.5 Å². The van der Waals surface area contributed by atoms with Crippen molar-refractivity contribution in [1.82, 2.24) is 5.32 Å². The lowest BCUT2D eigenvalue weighted by Gasteiger charge is -2.42. The number of nitriles is 1. The number of aryl methyl sites for hydroxylation is 1. The number of hydrogen-bond donors (Lipinski definition) is 1. The zero-order chi connectivity index (χ0) is 11.6. The molecule has 1 aliphatic carbocycles. The Labute approximate surface area is 97.3 Å². The molecule has 0 aromatic heterocycles. The molecule has 0 heterocycles. The summed E-state index contributed by atoms with van der Waals surface area (Å²) in [6.07, 6.45) is 3.21. The number of nitrogens with zero attached hydrogens (tertiary/aromatic N) is 1. The van der Waals surface area contributed by atoms with Gasteiger partial charge in [-0.1, -0.05) is 36.2 Å². The van der Waals surface area contributed by atoms with Crippen LogP contribution in [0.2, 0.25) is 0 Å². The quantitative estimate of drug-likeness (QED) is 0.839. The Morgan fingerprint density at radius 3 is 2.62 bits per heavy atom. The SMILES string of the molecule is CNC(c1cccc(C)c1)C1(C#N)CCC1. The largest absolute Gasteiger partial charge is 0.312 e. The molecule has 84 valence electrons. The van der Waals surface area contributed by atoms with Crippen molar-refractivity contribution in [2.24, 2.45) is 5.41 Å². The lowest BCUT2D eigenvalue weighted by atomic mass is 9.63. The molecule has 0 bridgehead atoms. The summed E-state index contributed by atoms with van der Waals surface area (Å²) in [5.74, 6) is 0. The first-order valence-corrected chi connectivity index (χ1v) is 5.87. The smallest absolute Gasteiger partial charge is 0.0768 e. The van der Waals surface area contributed by atoms with Crippen molar-refractivity contribution in [2.45, 2.75) is 32.2 Å². The van der Waals surface area contributed by atoms with Gasteiger partial charge in [0.25, 0.3) is 0 Å². The number of benzene rings is 1. The standard InChI is InChI=1S/C14H18N2/c1-11-5-3-6-12(9-11)13(16-2)14(10-15)7-4-8-14/h3,5-6,9,13,16H,4,7-8H2,1-2H3. The first-order valence-electron chi connectivity index (χ1n) is 5.87. The minimum Gasteiger partial charge on any atom is -0.312 e. The fourth-order valence-electron chi connectivity index (χ4n) is 2.63. The van der Waals surface area contributed by atoms with Crippen LogP contribution in [0, 0.1) is 23.7 Å². The summed E-state index contributed by atoms with van der Waals surface area (Å²) in [6, 6.07) is 11.2. The van der Waals surface area contributed by atoms with Crippen LogP contribution < -0.4 is 5.32 Å². The van der Waals surface area contributed by atoms with E-state index >= 15 is 0 Å². The first kappa shape index (κ1) is 11.2. The molecular formula is C14H18N2. The Balaban J connectivity index is 2.33. The van der Waals surface area contributed by atoms with Gasteiger partial charge in [0.05, 0.1) is 17.5 Å². The predicted octanol–water partition coefficient (Wildman–Crippen LogP) is 2.95. The van der Waals surface area contributed by atoms with Crippen molar-refractivity contribution in [3.05, 3.63) is 35.4 Å². The molecule has 0 spiro atoms. The fraction of sp³-hybridized carbons (Fsp3) is 0.500. The van der Waals surface area contributed by atoms with Crippen molar-refractivity contribution in [3.63, 3.8) is 0 Å².